The van der Waals surface area contributed by atoms with Crippen LogP contribution < -0.4 is 5.73 Å². The SMILES string of the molecule is CC(N)(Cc1c(F)ccc(Br)c1F)c1ccccc1F. The third kappa shape index (κ3) is 2.88. The molecule has 0 saturated carbocycles. The van der Waals surface area contributed by atoms with E-state index in [9.17, 15) is 13.2 Å². The minimum atomic E-state index is -1.21. The first kappa shape index (κ1) is 15.1. The Bertz CT molecular complexity index is 641. The second kappa shape index (κ2) is 5.58. The molecule has 0 amide bonds. The lowest BCUT2D eigenvalue weighted by atomic mass is 9.86. The van der Waals surface area contributed by atoms with E-state index >= 15 is 0 Å². The van der Waals surface area contributed by atoms with Gasteiger partial charge in [0, 0.05) is 23.1 Å². The maximum absolute atomic E-state index is 14.0. The normalized spacial score (nSPS) is 14.1. The third-order valence-electron chi connectivity index (χ3n) is 3.17. The van der Waals surface area contributed by atoms with E-state index in [4.69, 9.17) is 5.73 Å². The van der Waals surface area contributed by atoms with Crippen LogP contribution >= 0.6 is 15.9 Å². The van der Waals surface area contributed by atoms with Crippen LogP contribution in [0.25, 0.3) is 0 Å². The van der Waals surface area contributed by atoms with Crippen LogP contribution in [-0.4, -0.2) is 0 Å². The first-order chi connectivity index (χ1) is 9.33. The fourth-order valence-corrected chi connectivity index (χ4v) is 2.49. The van der Waals surface area contributed by atoms with Crippen LogP contribution in [0.2, 0.25) is 0 Å². The van der Waals surface area contributed by atoms with Gasteiger partial charge < -0.3 is 5.73 Å². The topological polar surface area (TPSA) is 26.0 Å². The number of hydrogen-bond acceptors (Lipinski definition) is 1. The summed E-state index contributed by atoms with van der Waals surface area (Å²) in [5, 5.41) is 0. The van der Waals surface area contributed by atoms with Crippen molar-refractivity contribution in [1.29, 1.82) is 0 Å². The highest BCUT2D eigenvalue weighted by Crippen LogP contribution is 2.29. The lowest BCUT2D eigenvalue weighted by Gasteiger charge is -2.26. The molecule has 0 saturated heterocycles. The first-order valence-electron chi connectivity index (χ1n) is 5.99. The average Bonchev–Trinajstić information content (AvgIpc) is 2.39. The summed E-state index contributed by atoms with van der Waals surface area (Å²) < 4.78 is 41.7. The Kier molecular flexibility index (Phi) is 4.20. The monoisotopic (exact) mass is 343 g/mol. The van der Waals surface area contributed by atoms with Crippen molar-refractivity contribution in [1.82, 2.24) is 0 Å². The lowest BCUT2D eigenvalue weighted by Crippen LogP contribution is -2.37. The third-order valence-corrected chi connectivity index (χ3v) is 3.78. The van der Waals surface area contributed by atoms with Gasteiger partial charge in [-0.25, -0.2) is 13.2 Å². The summed E-state index contributed by atoms with van der Waals surface area (Å²) in [7, 11) is 0. The van der Waals surface area contributed by atoms with Crippen molar-refractivity contribution in [3.05, 3.63) is 69.4 Å². The van der Waals surface area contributed by atoms with Crippen molar-refractivity contribution in [2.45, 2.75) is 18.9 Å². The van der Waals surface area contributed by atoms with Crippen LogP contribution in [0.4, 0.5) is 13.2 Å². The molecule has 0 aromatic heterocycles. The second-order valence-electron chi connectivity index (χ2n) is 4.90. The van der Waals surface area contributed by atoms with Crippen LogP contribution in [0.3, 0.4) is 0 Å². The Hall–Kier alpha value is -1.33. The molecule has 1 unspecified atom stereocenters. The van der Waals surface area contributed by atoms with Gasteiger partial charge in [0.15, 0.2) is 0 Å². The highest BCUT2D eigenvalue weighted by Gasteiger charge is 2.28. The van der Waals surface area contributed by atoms with E-state index in [1.165, 1.54) is 24.3 Å². The molecule has 0 aliphatic heterocycles. The number of nitrogens with two attached hydrogens (primary N) is 1. The van der Waals surface area contributed by atoms with E-state index < -0.39 is 23.0 Å². The summed E-state index contributed by atoms with van der Waals surface area (Å²) in [6, 6.07) is 8.40. The molecule has 0 aliphatic rings. The minimum Gasteiger partial charge on any atom is -0.321 e. The van der Waals surface area contributed by atoms with Crippen molar-refractivity contribution in [3.63, 3.8) is 0 Å². The number of halogens is 4. The molecular formula is C15H13BrF3N. The molecule has 0 heterocycles. The summed E-state index contributed by atoms with van der Waals surface area (Å²) >= 11 is 3.00. The zero-order valence-electron chi connectivity index (χ0n) is 10.8. The van der Waals surface area contributed by atoms with Gasteiger partial charge in [-0.2, -0.15) is 0 Å². The van der Waals surface area contributed by atoms with Crippen molar-refractivity contribution in [2.24, 2.45) is 5.73 Å². The standard InChI is InChI=1S/C15H13BrF3N/c1-15(20,10-4-2-3-5-13(10)18)8-9-12(17)7-6-11(16)14(9)19/h2-7H,8,20H2,1H3. The van der Waals surface area contributed by atoms with Gasteiger partial charge >= 0.3 is 0 Å². The predicted molar refractivity (Wildman–Crippen MR) is 75.7 cm³/mol. The van der Waals surface area contributed by atoms with Gasteiger partial charge in [0.2, 0.25) is 0 Å². The molecule has 5 heteroatoms. The van der Waals surface area contributed by atoms with Gasteiger partial charge in [0.05, 0.1) is 4.47 Å². The Morgan fingerprint density at radius 1 is 1.05 bits per heavy atom. The fraction of sp³-hybridized carbons (Fsp3) is 0.200. The van der Waals surface area contributed by atoms with Gasteiger partial charge in [-0.3, -0.25) is 0 Å². The van der Waals surface area contributed by atoms with E-state index in [0.717, 1.165) is 6.07 Å². The van der Waals surface area contributed by atoms with E-state index in [0.29, 0.717) is 0 Å². The molecule has 2 rings (SSSR count). The average molecular weight is 344 g/mol. The van der Waals surface area contributed by atoms with Crippen LogP contribution in [0.5, 0.6) is 0 Å². The van der Waals surface area contributed by atoms with Gasteiger partial charge in [0.1, 0.15) is 17.5 Å². The summed E-state index contributed by atoms with van der Waals surface area (Å²) in [4.78, 5) is 0. The van der Waals surface area contributed by atoms with Crippen molar-refractivity contribution in [3.8, 4) is 0 Å². The second-order valence-corrected chi connectivity index (χ2v) is 5.75. The van der Waals surface area contributed by atoms with Crippen molar-refractivity contribution in [2.75, 3.05) is 0 Å². The van der Waals surface area contributed by atoms with Crippen LogP contribution in [-0.2, 0) is 12.0 Å². The van der Waals surface area contributed by atoms with Crippen LogP contribution in [0, 0.1) is 17.5 Å². The molecule has 0 spiro atoms. The maximum Gasteiger partial charge on any atom is 0.143 e. The summed E-state index contributed by atoms with van der Waals surface area (Å²) in [6.07, 6.45) is -0.148. The molecule has 2 N–H and O–H groups in total. The zero-order valence-corrected chi connectivity index (χ0v) is 12.3. The fourth-order valence-electron chi connectivity index (χ4n) is 2.12. The Morgan fingerprint density at radius 3 is 2.35 bits per heavy atom. The van der Waals surface area contributed by atoms with Crippen molar-refractivity contribution >= 4 is 15.9 Å². The molecule has 1 nitrogen and oxygen atoms in total. The van der Waals surface area contributed by atoms with Crippen LogP contribution in [0.15, 0.2) is 40.9 Å². The van der Waals surface area contributed by atoms with Gasteiger partial charge in [-0.15, -0.1) is 0 Å². The van der Waals surface area contributed by atoms with E-state index in [1.807, 2.05) is 0 Å². The van der Waals surface area contributed by atoms with Crippen molar-refractivity contribution < 1.29 is 13.2 Å². The molecule has 0 fully saturated rings. The zero-order chi connectivity index (χ0) is 14.9. The smallest absolute Gasteiger partial charge is 0.143 e. The highest BCUT2D eigenvalue weighted by atomic mass is 79.9. The first-order valence-corrected chi connectivity index (χ1v) is 6.78. The Balaban J connectivity index is 2.44. The summed E-state index contributed by atoms with van der Waals surface area (Å²) in [5.41, 5.74) is 4.92. The van der Waals surface area contributed by atoms with Gasteiger partial charge in [0.25, 0.3) is 0 Å². The van der Waals surface area contributed by atoms with Gasteiger partial charge in [-0.05, 0) is 41.1 Å². The summed E-state index contributed by atoms with van der Waals surface area (Å²) in [6.45, 7) is 1.55. The van der Waals surface area contributed by atoms with E-state index in [1.54, 1.807) is 13.0 Å². The summed E-state index contributed by atoms with van der Waals surface area (Å²) in [5.74, 6) is -1.90. The molecule has 20 heavy (non-hydrogen) atoms. The van der Waals surface area contributed by atoms with E-state index in [-0.39, 0.29) is 22.0 Å². The number of rotatable bonds is 3. The predicted octanol–water partition coefficient (Wildman–Crippen LogP) is 4.28. The molecule has 2 aromatic rings. The maximum atomic E-state index is 14.0. The van der Waals surface area contributed by atoms with E-state index in [2.05, 4.69) is 15.9 Å². The molecule has 0 bridgehead atoms. The molecule has 106 valence electrons. The number of benzene rings is 2. The largest absolute Gasteiger partial charge is 0.321 e. The minimum absolute atomic E-state index is 0.148. The molecule has 0 radical (unpaired) electrons. The lowest BCUT2D eigenvalue weighted by molar-refractivity contribution is 0.432. The quantitative estimate of drug-likeness (QED) is 0.827. The Labute approximate surface area is 123 Å². The highest BCUT2D eigenvalue weighted by molar-refractivity contribution is 9.10. The van der Waals surface area contributed by atoms with Crippen LogP contribution in [0.1, 0.15) is 18.1 Å². The molecule has 0 aliphatic carbocycles. The molecule has 1 atom stereocenters. The van der Waals surface area contributed by atoms with Gasteiger partial charge in [-0.1, -0.05) is 18.2 Å². The number of hydrogen-bond donors (Lipinski definition) is 1. The molecular weight excluding hydrogens is 331 g/mol. The Morgan fingerprint density at radius 2 is 1.70 bits per heavy atom. The molecule has 2 aromatic carbocycles.